The van der Waals surface area contributed by atoms with Gasteiger partial charge in [-0.05, 0) is 71.2 Å². The summed E-state index contributed by atoms with van der Waals surface area (Å²) >= 11 is 7.56. The van der Waals surface area contributed by atoms with E-state index >= 15 is 0 Å². The number of esters is 1. The zero-order valence-electron chi connectivity index (χ0n) is 22.2. The molecule has 1 saturated heterocycles. The molecule has 0 radical (unpaired) electrons. The average Bonchev–Trinajstić information content (AvgIpc) is 3.30. The van der Waals surface area contributed by atoms with Crippen molar-refractivity contribution in [3.8, 4) is 10.4 Å². The Morgan fingerprint density at radius 1 is 0.946 bits per heavy atom. The first kappa shape index (κ1) is 28.8. The van der Waals surface area contributed by atoms with Crippen LogP contribution in [-0.4, -0.2) is 59.1 Å². The minimum atomic E-state index is -0.927. The van der Waals surface area contributed by atoms with Crippen LogP contribution in [-0.2, 0) is 30.2 Å². The number of thiophene rings is 1. The van der Waals surface area contributed by atoms with Crippen LogP contribution < -0.4 is 0 Å². The van der Waals surface area contributed by atoms with Gasteiger partial charge in [0.05, 0.1) is 16.9 Å². The summed E-state index contributed by atoms with van der Waals surface area (Å²) in [5, 5.41) is 0. The summed E-state index contributed by atoms with van der Waals surface area (Å²) in [6.45, 7) is 11.7. The molecule has 10 heteroatoms. The lowest BCUT2D eigenvalue weighted by molar-refractivity contribution is -0.153. The number of hydrogen-bond acceptors (Lipinski definition) is 8. The Morgan fingerprint density at radius 2 is 1.57 bits per heavy atom. The first-order chi connectivity index (χ1) is 17.1. The summed E-state index contributed by atoms with van der Waals surface area (Å²) in [5.41, 5.74) is 0.399. The largest absolute Gasteiger partial charge is 0.509 e. The Bertz CT molecular complexity index is 1120. The first-order valence-electron chi connectivity index (χ1n) is 12.0. The quantitative estimate of drug-likeness (QED) is 0.310. The van der Waals surface area contributed by atoms with Crippen LogP contribution in [0.2, 0.25) is 4.34 Å². The summed E-state index contributed by atoms with van der Waals surface area (Å²) in [7, 11) is 0. The van der Waals surface area contributed by atoms with Crippen molar-refractivity contribution in [2.75, 3.05) is 6.54 Å². The summed E-state index contributed by atoms with van der Waals surface area (Å²) < 4.78 is 22.8. The van der Waals surface area contributed by atoms with Crippen molar-refractivity contribution in [3.05, 3.63) is 46.3 Å². The highest BCUT2D eigenvalue weighted by molar-refractivity contribution is 7.19. The number of benzene rings is 1. The predicted molar refractivity (Wildman–Crippen MR) is 142 cm³/mol. The smallest absolute Gasteiger partial charge is 0.456 e. The van der Waals surface area contributed by atoms with Crippen molar-refractivity contribution in [2.24, 2.45) is 0 Å². The maximum Gasteiger partial charge on any atom is 0.509 e. The molecule has 0 bridgehead atoms. The molecule has 0 aliphatic carbocycles. The number of hydrogen-bond donors (Lipinski definition) is 0. The maximum absolute atomic E-state index is 13.2. The summed E-state index contributed by atoms with van der Waals surface area (Å²) in [6.07, 6.45) is -2.98. The van der Waals surface area contributed by atoms with Gasteiger partial charge < -0.3 is 18.9 Å². The van der Waals surface area contributed by atoms with Crippen LogP contribution in [0.3, 0.4) is 0 Å². The van der Waals surface area contributed by atoms with Gasteiger partial charge in [0.2, 0.25) is 0 Å². The van der Waals surface area contributed by atoms with E-state index in [2.05, 4.69) is 0 Å². The van der Waals surface area contributed by atoms with E-state index in [9.17, 15) is 14.4 Å². The van der Waals surface area contributed by atoms with Crippen LogP contribution >= 0.6 is 22.9 Å². The van der Waals surface area contributed by atoms with Crippen LogP contribution in [0.25, 0.3) is 10.4 Å². The first-order valence-corrected chi connectivity index (χ1v) is 13.2. The third-order valence-electron chi connectivity index (χ3n) is 5.35. The Morgan fingerprint density at radius 3 is 2.08 bits per heavy atom. The Kier molecular flexibility index (Phi) is 8.80. The number of halogens is 1. The van der Waals surface area contributed by atoms with Crippen molar-refractivity contribution >= 4 is 41.2 Å². The number of likely N-dealkylation sites (tertiary alicyclic amines) is 1. The van der Waals surface area contributed by atoms with E-state index in [0.717, 1.165) is 16.0 Å². The zero-order valence-corrected chi connectivity index (χ0v) is 23.8. The molecule has 8 nitrogen and oxygen atoms in total. The van der Waals surface area contributed by atoms with Gasteiger partial charge in [0.15, 0.2) is 12.2 Å². The molecule has 3 atom stereocenters. The molecule has 0 spiro atoms. The summed E-state index contributed by atoms with van der Waals surface area (Å²) in [6, 6.07) is 11.0. The van der Waals surface area contributed by atoms with E-state index in [0.29, 0.717) is 10.8 Å². The van der Waals surface area contributed by atoms with Gasteiger partial charge in [0.25, 0.3) is 0 Å². The van der Waals surface area contributed by atoms with Crippen LogP contribution in [0, 0.1) is 0 Å². The van der Waals surface area contributed by atoms with E-state index in [4.69, 9.17) is 30.5 Å². The SMILES string of the molecule is CC(=O)O[C@@H]1[C@@H](OC(=O)OC(C)(C)C)CN(C(=O)OC(C)(C)C)[C@@H]1Cc1ccc(-c2ccc(Cl)s2)cc1. The van der Waals surface area contributed by atoms with Gasteiger partial charge >= 0.3 is 18.2 Å². The Hall–Kier alpha value is -2.78. The number of carbonyl (C=O) groups is 3. The average molecular weight is 552 g/mol. The molecule has 202 valence electrons. The number of nitrogens with zero attached hydrogens (tertiary/aromatic N) is 1. The highest BCUT2D eigenvalue weighted by Crippen LogP contribution is 2.33. The lowest BCUT2D eigenvalue weighted by Gasteiger charge is -2.30. The van der Waals surface area contributed by atoms with Gasteiger partial charge in [0.1, 0.15) is 11.2 Å². The predicted octanol–water partition coefficient (Wildman–Crippen LogP) is 6.48. The lowest BCUT2D eigenvalue weighted by Crippen LogP contribution is -2.45. The second-order valence-corrected chi connectivity index (χ2v) is 12.6. The van der Waals surface area contributed by atoms with Crippen molar-refractivity contribution < 1.29 is 33.3 Å². The van der Waals surface area contributed by atoms with E-state index in [-0.39, 0.29) is 6.54 Å². The van der Waals surface area contributed by atoms with Crippen LogP contribution in [0.4, 0.5) is 9.59 Å². The van der Waals surface area contributed by atoms with Gasteiger partial charge in [0, 0.05) is 11.8 Å². The normalized spacial score (nSPS) is 19.9. The molecule has 1 amide bonds. The maximum atomic E-state index is 13.2. The van der Waals surface area contributed by atoms with E-state index < -0.39 is 47.7 Å². The molecule has 37 heavy (non-hydrogen) atoms. The lowest BCUT2D eigenvalue weighted by atomic mass is 9.99. The standard InChI is InChI=1S/C27H34ClNO7S/c1-16(30)33-23-19(14-17-8-10-18(11-9-17)21-12-13-22(28)37-21)29(24(31)35-26(2,3)4)15-20(23)34-25(32)36-27(5,6)7/h8-13,19-20,23H,14-15H2,1-7H3/t19-,20+,23+/m1/s1. The van der Waals surface area contributed by atoms with Gasteiger partial charge in [-0.2, -0.15) is 0 Å². The van der Waals surface area contributed by atoms with E-state index in [1.807, 2.05) is 36.4 Å². The summed E-state index contributed by atoms with van der Waals surface area (Å²) in [4.78, 5) is 40.2. The summed E-state index contributed by atoms with van der Waals surface area (Å²) in [5.74, 6) is -0.552. The molecule has 1 aliphatic heterocycles. The molecule has 0 N–H and O–H groups in total. The van der Waals surface area contributed by atoms with E-state index in [1.165, 1.54) is 23.2 Å². The van der Waals surface area contributed by atoms with Crippen molar-refractivity contribution in [3.63, 3.8) is 0 Å². The highest BCUT2D eigenvalue weighted by atomic mass is 35.5. The third kappa shape index (κ3) is 8.36. The van der Waals surface area contributed by atoms with Gasteiger partial charge in [-0.25, -0.2) is 9.59 Å². The van der Waals surface area contributed by atoms with Gasteiger partial charge in [-0.3, -0.25) is 9.69 Å². The zero-order chi connectivity index (χ0) is 27.5. The topological polar surface area (TPSA) is 91.4 Å². The Labute approximate surface area is 226 Å². The molecule has 2 aromatic rings. The molecule has 1 aromatic carbocycles. The third-order valence-corrected chi connectivity index (χ3v) is 6.63. The number of ether oxygens (including phenoxy) is 4. The fourth-order valence-corrected chi connectivity index (χ4v) is 5.03. The second kappa shape index (κ2) is 11.3. The van der Waals surface area contributed by atoms with Crippen molar-refractivity contribution in [1.29, 1.82) is 0 Å². The van der Waals surface area contributed by atoms with Crippen molar-refractivity contribution in [1.82, 2.24) is 4.90 Å². The number of amides is 1. The van der Waals surface area contributed by atoms with Crippen LogP contribution in [0.5, 0.6) is 0 Å². The van der Waals surface area contributed by atoms with Crippen molar-refractivity contribution in [2.45, 2.75) is 84.3 Å². The van der Waals surface area contributed by atoms with Crippen LogP contribution in [0.1, 0.15) is 54.0 Å². The number of rotatable bonds is 5. The van der Waals surface area contributed by atoms with Crippen LogP contribution in [0.15, 0.2) is 36.4 Å². The van der Waals surface area contributed by atoms with Gasteiger partial charge in [-0.1, -0.05) is 35.9 Å². The minimum absolute atomic E-state index is 0.0114. The molecular weight excluding hydrogens is 518 g/mol. The molecule has 0 unspecified atom stereocenters. The van der Waals surface area contributed by atoms with E-state index in [1.54, 1.807) is 41.5 Å². The minimum Gasteiger partial charge on any atom is -0.456 e. The van der Waals surface area contributed by atoms with Gasteiger partial charge in [-0.15, -0.1) is 11.3 Å². The molecule has 1 fully saturated rings. The molecule has 3 rings (SSSR count). The Balaban J connectivity index is 1.89. The molecule has 2 heterocycles. The fourth-order valence-electron chi connectivity index (χ4n) is 3.98. The molecule has 1 aromatic heterocycles. The molecule has 1 aliphatic rings. The molecule has 0 saturated carbocycles. The second-order valence-electron chi connectivity index (χ2n) is 10.9. The number of carbonyl (C=O) groups excluding carboxylic acids is 3. The monoisotopic (exact) mass is 551 g/mol. The fraction of sp³-hybridized carbons (Fsp3) is 0.519. The molecular formula is C27H34ClNO7S. The highest BCUT2D eigenvalue weighted by Gasteiger charge is 2.49.